The van der Waals surface area contributed by atoms with Gasteiger partial charge in [-0.3, -0.25) is 4.79 Å². The van der Waals surface area contributed by atoms with Gasteiger partial charge >= 0.3 is 5.97 Å². The van der Waals surface area contributed by atoms with Crippen molar-refractivity contribution in [2.45, 2.75) is 30.7 Å². The van der Waals surface area contributed by atoms with Crippen LogP contribution in [0.4, 0.5) is 0 Å². The standard InChI is InChI=1S/C21H18O10/c22-10-6-13-15(11(23)8-12(29-13)9-4-2-1-3-5-9)14(7-10)30-21-18(26)16(24)17(25)19(31-21)20(27)28/h1-8,16-19,21-22,24-26H,(H,27,28)/t16-,17-,18+,19-,21+/m0/s1. The van der Waals surface area contributed by atoms with Gasteiger partial charge in [0, 0.05) is 23.8 Å². The minimum absolute atomic E-state index is 0.0259. The number of aromatic hydroxyl groups is 1. The molecular formula is C21H18O10. The zero-order valence-corrected chi connectivity index (χ0v) is 15.8. The molecule has 2 aromatic carbocycles. The molecular weight excluding hydrogens is 412 g/mol. The summed E-state index contributed by atoms with van der Waals surface area (Å²) < 4.78 is 16.3. The molecule has 4 rings (SSSR count). The fourth-order valence-electron chi connectivity index (χ4n) is 3.35. The third-order valence-electron chi connectivity index (χ3n) is 4.89. The number of aliphatic hydroxyl groups is 3. The third-order valence-corrected chi connectivity index (χ3v) is 4.89. The van der Waals surface area contributed by atoms with Crippen molar-refractivity contribution in [3.63, 3.8) is 0 Å². The van der Waals surface area contributed by atoms with Crippen LogP contribution in [0.5, 0.6) is 11.5 Å². The summed E-state index contributed by atoms with van der Waals surface area (Å²) in [6, 6.07) is 12.3. The number of ether oxygens (including phenoxy) is 2. The van der Waals surface area contributed by atoms with Gasteiger partial charge < -0.3 is 39.4 Å². The van der Waals surface area contributed by atoms with Crippen molar-refractivity contribution in [2.75, 3.05) is 0 Å². The zero-order chi connectivity index (χ0) is 22.3. The highest BCUT2D eigenvalue weighted by Crippen LogP contribution is 2.33. The third kappa shape index (κ3) is 3.84. The van der Waals surface area contributed by atoms with Crippen molar-refractivity contribution < 1.29 is 44.2 Å². The first kappa shape index (κ1) is 20.8. The number of benzene rings is 2. The van der Waals surface area contributed by atoms with Crippen LogP contribution < -0.4 is 10.2 Å². The summed E-state index contributed by atoms with van der Waals surface area (Å²) in [7, 11) is 0. The Hall–Kier alpha value is -3.44. The average Bonchev–Trinajstić information content (AvgIpc) is 2.73. The van der Waals surface area contributed by atoms with Crippen LogP contribution in [0.3, 0.4) is 0 Å². The van der Waals surface area contributed by atoms with Crippen LogP contribution in [0, 0.1) is 0 Å². The Labute approximate surface area is 174 Å². The highest BCUT2D eigenvalue weighted by molar-refractivity contribution is 5.86. The first-order valence-corrected chi connectivity index (χ1v) is 9.21. The number of hydrogen-bond acceptors (Lipinski definition) is 9. The zero-order valence-electron chi connectivity index (χ0n) is 15.8. The fourth-order valence-corrected chi connectivity index (χ4v) is 3.35. The van der Waals surface area contributed by atoms with E-state index in [-0.39, 0.29) is 28.2 Å². The van der Waals surface area contributed by atoms with E-state index in [9.17, 15) is 30.0 Å². The van der Waals surface area contributed by atoms with E-state index in [2.05, 4.69) is 0 Å². The molecule has 0 saturated carbocycles. The molecule has 10 nitrogen and oxygen atoms in total. The molecule has 1 aromatic heterocycles. The molecule has 0 amide bonds. The molecule has 3 aromatic rings. The van der Waals surface area contributed by atoms with Crippen molar-refractivity contribution in [3.8, 4) is 22.8 Å². The highest BCUT2D eigenvalue weighted by Gasteiger charge is 2.48. The Balaban J connectivity index is 1.76. The van der Waals surface area contributed by atoms with Crippen molar-refractivity contribution in [1.82, 2.24) is 0 Å². The normalized spacial score (nSPS) is 26.0. The molecule has 1 aliphatic rings. The lowest BCUT2D eigenvalue weighted by Gasteiger charge is -2.38. The molecule has 5 atom stereocenters. The highest BCUT2D eigenvalue weighted by atomic mass is 16.7. The van der Waals surface area contributed by atoms with E-state index in [4.69, 9.17) is 19.0 Å². The minimum Gasteiger partial charge on any atom is -0.508 e. The number of aliphatic hydroxyl groups excluding tert-OH is 3. The largest absolute Gasteiger partial charge is 0.508 e. The summed E-state index contributed by atoms with van der Waals surface area (Å²) >= 11 is 0. The van der Waals surface area contributed by atoms with Crippen LogP contribution in [0.2, 0.25) is 0 Å². The van der Waals surface area contributed by atoms with Gasteiger partial charge in [0.1, 0.15) is 46.5 Å². The lowest BCUT2D eigenvalue weighted by molar-refractivity contribution is -0.270. The molecule has 0 bridgehead atoms. The second kappa shape index (κ2) is 8.00. The van der Waals surface area contributed by atoms with Crippen molar-refractivity contribution in [3.05, 3.63) is 58.8 Å². The maximum absolute atomic E-state index is 12.8. The van der Waals surface area contributed by atoms with E-state index in [0.717, 1.165) is 6.07 Å². The number of hydrogen-bond donors (Lipinski definition) is 5. The molecule has 0 aliphatic carbocycles. The van der Waals surface area contributed by atoms with Gasteiger partial charge in [0.05, 0.1) is 0 Å². The smallest absolute Gasteiger partial charge is 0.335 e. The molecule has 162 valence electrons. The first-order chi connectivity index (χ1) is 14.8. The summed E-state index contributed by atoms with van der Waals surface area (Å²) in [6.45, 7) is 0. The molecule has 5 N–H and O–H groups in total. The van der Waals surface area contributed by atoms with Crippen LogP contribution in [0.1, 0.15) is 0 Å². The van der Waals surface area contributed by atoms with E-state index >= 15 is 0 Å². The summed E-state index contributed by atoms with van der Waals surface area (Å²) in [4.78, 5) is 24.1. The van der Waals surface area contributed by atoms with Gasteiger partial charge in [0.2, 0.25) is 6.29 Å². The Kier molecular flexibility index (Phi) is 5.38. The summed E-state index contributed by atoms with van der Waals surface area (Å²) in [6.07, 6.45) is -9.25. The van der Waals surface area contributed by atoms with Gasteiger partial charge in [0.25, 0.3) is 0 Å². The maximum atomic E-state index is 12.8. The lowest BCUT2D eigenvalue weighted by Crippen LogP contribution is -2.61. The Morgan fingerprint density at radius 2 is 1.68 bits per heavy atom. The molecule has 0 unspecified atom stereocenters. The quantitative estimate of drug-likeness (QED) is 0.392. The molecule has 2 heterocycles. The van der Waals surface area contributed by atoms with E-state index < -0.39 is 42.1 Å². The van der Waals surface area contributed by atoms with Gasteiger partial charge in [-0.2, -0.15) is 0 Å². The molecule has 0 radical (unpaired) electrons. The van der Waals surface area contributed by atoms with Crippen molar-refractivity contribution >= 4 is 16.9 Å². The number of fused-ring (bicyclic) bond motifs is 1. The second-order valence-electron chi connectivity index (χ2n) is 7.01. The topological polar surface area (TPSA) is 167 Å². The van der Waals surface area contributed by atoms with Crippen molar-refractivity contribution in [1.29, 1.82) is 0 Å². The molecule has 0 spiro atoms. The summed E-state index contributed by atoms with van der Waals surface area (Å²) in [5.41, 5.74) is 0.0672. The number of carboxylic acid groups (broad SMARTS) is 1. The predicted octanol–water partition coefficient (Wildman–Crippen LogP) is 0.437. The molecule has 1 aliphatic heterocycles. The number of phenolic OH excluding ortho intramolecular Hbond substituents is 1. The molecule has 1 saturated heterocycles. The Morgan fingerprint density at radius 3 is 2.35 bits per heavy atom. The van der Waals surface area contributed by atoms with Crippen molar-refractivity contribution in [2.24, 2.45) is 0 Å². The van der Waals surface area contributed by atoms with Gasteiger partial charge in [-0.25, -0.2) is 4.79 Å². The van der Waals surface area contributed by atoms with E-state index in [1.165, 1.54) is 12.1 Å². The number of aliphatic carboxylic acids is 1. The summed E-state index contributed by atoms with van der Waals surface area (Å²) in [5, 5.41) is 49.0. The Bertz CT molecular complexity index is 1170. The van der Waals surface area contributed by atoms with E-state index in [1.54, 1.807) is 30.3 Å². The molecule has 31 heavy (non-hydrogen) atoms. The van der Waals surface area contributed by atoms with Gasteiger partial charge in [0.15, 0.2) is 11.5 Å². The predicted molar refractivity (Wildman–Crippen MR) is 105 cm³/mol. The molecule has 10 heteroatoms. The van der Waals surface area contributed by atoms with Crippen LogP contribution in [0.15, 0.2) is 57.7 Å². The van der Waals surface area contributed by atoms with Crippen LogP contribution in [-0.2, 0) is 9.53 Å². The van der Waals surface area contributed by atoms with Gasteiger partial charge in [-0.15, -0.1) is 0 Å². The number of carboxylic acids is 1. The van der Waals surface area contributed by atoms with Gasteiger partial charge in [-0.1, -0.05) is 30.3 Å². The lowest BCUT2D eigenvalue weighted by atomic mass is 9.99. The number of phenols is 1. The van der Waals surface area contributed by atoms with Crippen LogP contribution in [0.25, 0.3) is 22.3 Å². The van der Waals surface area contributed by atoms with Gasteiger partial charge in [-0.05, 0) is 0 Å². The molecule has 1 fully saturated rings. The minimum atomic E-state index is -1.90. The number of rotatable bonds is 4. The first-order valence-electron chi connectivity index (χ1n) is 9.21. The monoisotopic (exact) mass is 430 g/mol. The van der Waals surface area contributed by atoms with Crippen LogP contribution >= 0.6 is 0 Å². The number of carbonyl (C=O) groups is 1. The van der Waals surface area contributed by atoms with Crippen LogP contribution in [-0.4, -0.2) is 62.2 Å². The van der Waals surface area contributed by atoms with E-state index in [0.29, 0.717) is 5.56 Å². The maximum Gasteiger partial charge on any atom is 0.335 e. The average molecular weight is 430 g/mol. The fraction of sp³-hybridized carbons (Fsp3) is 0.238. The van der Waals surface area contributed by atoms with E-state index in [1.807, 2.05) is 0 Å². The second-order valence-corrected chi connectivity index (χ2v) is 7.01. The SMILES string of the molecule is O=C(O)[C@H]1O[C@@H](Oc2cc(O)cc3oc(-c4ccccc4)cc(=O)c23)[C@H](O)[C@@H](O)[C@@H]1O. The Morgan fingerprint density at radius 1 is 0.968 bits per heavy atom. The summed E-state index contributed by atoms with van der Waals surface area (Å²) in [5.74, 6) is -1.94.